The van der Waals surface area contributed by atoms with Gasteiger partial charge in [0.25, 0.3) is 0 Å². The summed E-state index contributed by atoms with van der Waals surface area (Å²) < 4.78 is 61.3. The quantitative estimate of drug-likeness (QED) is 0.847. The number of rotatable bonds is 5. The van der Waals surface area contributed by atoms with Gasteiger partial charge in [-0.25, -0.2) is 18.1 Å². The SMILES string of the molecule is CNS(=O)(=O)CCNc1cc(C(F)(F)F)ccn1. The lowest BCUT2D eigenvalue weighted by atomic mass is 10.2. The van der Waals surface area contributed by atoms with E-state index in [1.54, 1.807) is 0 Å². The summed E-state index contributed by atoms with van der Waals surface area (Å²) in [6, 6.07) is 1.67. The molecule has 1 rings (SSSR count). The predicted molar refractivity (Wildman–Crippen MR) is 60.6 cm³/mol. The van der Waals surface area contributed by atoms with Crippen LogP contribution in [0.5, 0.6) is 0 Å². The Labute approximate surface area is 102 Å². The number of alkyl halides is 3. The number of nitrogens with zero attached hydrogens (tertiary/aromatic N) is 1. The lowest BCUT2D eigenvalue weighted by molar-refractivity contribution is -0.137. The molecule has 0 amide bonds. The number of anilines is 1. The number of hydrogen-bond donors (Lipinski definition) is 2. The van der Waals surface area contributed by atoms with E-state index >= 15 is 0 Å². The number of aromatic nitrogens is 1. The molecule has 0 unspecified atom stereocenters. The van der Waals surface area contributed by atoms with Gasteiger partial charge in [-0.15, -0.1) is 0 Å². The minimum Gasteiger partial charge on any atom is -0.369 e. The Morgan fingerprint density at radius 2 is 2.06 bits per heavy atom. The Hall–Kier alpha value is -1.35. The van der Waals surface area contributed by atoms with E-state index in [9.17, 15) is 21.6 Å². The van der Waals surface area contributed by atoms with Crippen molar-refractivity contribution >= 4 is 15.8 Å². The van der Waals surface area contributed by atoms with E-state index in [1.807, 2.05) is 0 Å². The molecular weight excluding hydrogens is 271 g/mol. The fraction of sp³-hybridized carbons (Fsp3) is 0.444. The van der Waals surface area contributed by atoms with Crippen LogP contribution in [-0.2, 0) is 16.2 Å². The summed E-state index contributed by atoms with van der Waals surface area (Å²) in [5.41, 5.74) is -0.837. The van der Waals surface area contributed by atoms with Crippen molar-refractivity contribution in [3.8, 4) is 0 Å². The van der Waals surface area contributed by atoms with Crippen molar-refractivity contribution in [2.24, 2.45) is 0 Å². The summed E-state index contributed by atoms with van der Waals surface area (Å²) in [7, 11) is -2.13. The minimum absolute atomic E-state index is 0.0175. The van der Waals surface area contributed by atoms with E-state index in [-0.39, 0.29) is 18.1 Å². The van der Waals surface area contributed by atoms with Crippen molar-refractivity contribution in [1.29, 1.82) is 0 Å². The van der Waals surface area contributed by atoms with E-state index in [0.717, 1.165) is 18.3 Å². The van der Waals surface area contributed by atoms with Crippen LogP contribution in [0.25, 0.3) is 0 Å². The number of pyridine rings is 1. The van der Waals surface area contributed by atoms with Gasteiger partial charge < -0.3 is 5.32 Å². The molecule has 0 bridgehead atoms. The van der Waals surface area contributed by atoms with Crippen LogP contribution in [-0.4, -0.2) is 32.7 Å². The maximum atomic E-state index is 12.4. The first-order chi connectivity index (χ1) is 8.24. The second-order valence-corrected chi connectivity index (χ2v) is 5.42. The van der Waals surface area contributed by atoms with Crippen molar-refractivity contribution in [1.82, 2.24) is 9.71 Å². The average molecular weight is 283 g/mol. The van der Waals surface area contributed by atoms with Crippen molar-refractivity contribution in [2.45, 2.75) is 6.18 Å². The molecule has 1 aromatic rings. The third kappa shape index (κ3) is 4.49. The van der Waals surface area contributed by atoms with Gasteiger partial charge in [0, 0.05) is 12.7 Å². The van der Waals surface area contributed by atoms with Gasteiger partial charge in [-0.1, -0.05) is 0 Å². The van der Waals surface area contributed by atoms with E-state index in [1.165, 1.54) is 7.05 Å². The third-order valence-corrected chi connectivity index (χ3v) is 3.44. The molecule has 0 saturated heterocycles. The fourth-order valence-corrected chi connectivity index (χ4v) is 1.69. The molecule has 0 saturated carbocycles. The van der Waals surface area contributed by atoms with Gasteiger partial charge in [-0.2, -0.15) is 13.2 Å². The van der Waals surface area contributed by atoms with Crippen molar-refractivity contribution in [2.75, 3.05) is 24.7 Å². The number of sulfonamides is 1. The fourth-order valence-electron chi connectivity index (χ4n) is 1.12. The van der Waals surface area contributed by atoms with E-state index < -0.39 is 21.8 Å². The molecule has 9 heteroatoms. The Morgan fingerprint density at radius 3 is 2.61 bits per heavy atom. The molecule has 1 aromatic heterocycles. The standard InChI is InChI=1S/C9H12F3N3O2S/c1-13-18(16,17)5-4-15-8-6-7(2-3-14-8)9(10,11)12/h2-3,6,13H,4-5H2,1H3,(H,14,15). The number of nitrogens with one attached hydrogen (secondary N) is 2. The highest BCUT2D eigenvalue weighted by atomic mass is 32.2. The lowest BCUT2D eigenvalue weighted by Crippen LogP contribution is -2.26. The van der Waals surface area contributed by atoms with Gasteiger partial charge in [0.2, 0.25) is 10.0 Å². The summed E-state index contributed by atoms with van der Waals surface area (Å²) in [5, 5.41) is 2.52. The molecule has 0 aliphatic carbocycles. The number of hydrogen-bond acceptors (Lipinski definition) is 4. The Bertz CT molecular complexity index is 502. The van der Waals surface area contributed by atoms with Crippen LogP contribution < -0.4 is 10.0 Å². The molecular formula is C9H12F3N3O2S. The molecule has 102 valence electrons. The van der Waals surface area contributed by atoms with Gasteiger partial charge in [0.1, 0.15) is 5.82 Å². The molecule has 0 aliphatic heterocycles. The summed E-state index contributed by atoms with van der Waals surface area (Å²) in [5.74, 6) is -0.266. The van der Waals surface area contributed by atoms with Gasteiger partial charge in [-0.05, 0) is 19.2 Å². The third-order valence-electron chi connectivity index (χ3n) is 2.08. The van der Waals surface area contributed by atoms with Gasteiger partial charge in [0.05, 0.1) is 11.3 Å². The molecule has 0 aromatic carbocycles. The van der Waals surface area contributed by atoms with Gasteiger partial charge in [-0.3, -0.25) is 0 Å². The molecule has 2 N–H and O–H groups in total. The molecule has 0 fully saturated rings. The molecule has 18 heavy (non-hydrogen) atoms. The molecule has 0 spiro atoms. The minimum atomic E-state index is -4.45. The summed E-state index contributed by atoms with van der Waals surface area (Å²) in [6.07, 6.45) is -3.44. The second-order valence-electron chi connectivity index (χ2n) is 3.38. The van der Waals surface area contributed by atoms with Crippen LogP contribution in [0.4, 0.5) is 19.0 Å². The first-order valence-electron chi connectivity index (χ1n) is 4.93. The topological polar surface area (TPSA) is 71.1 Å². The predicted octanol–water partition coefficient (Wildman–Crippen LogP) is 1.06. The largest absolute Gasteiger partial charge is 0.416 e. The van der Waals surface area contributed by atoms with Crippen LogP contribution >= 0.6 is 0 Å². The summed E-state index contributed by atoms with van der Waals surface area (Å²) in [6.45, 7) is -0.0303. The highest BCUT2D eigenvalue weighted by Crippen LogP contribution is 2.29. The zero-order valence-electron chi connectivity index (χ0n) is 9.45. The summed E-state index contributed by atoms with van der Waals surface area (Å²) >= 11 is 0. The van der Waals surface area contributed by atoms with E-state index in [4.69, 9.17) is 0 Å². The lowest BCUT2D eigenvalue weighted by Gasteiger charge is -2.09. The normalized spacial score (nSPS) is 12.4. The molecule has 0 atom stereocenters. The van der Waals surface area contributed by atoms with Crippen molar-refractivity contribution in [3.63, 3.8) is 0 Å². The first-order valence-corrected chi connectivity index (χ1v) is 6.58. The van der Waals surface area contributed by atoms with E-state index in [2.05, 4.69) is 15.0 Å². The zero-order valence-corrected chi connectivity index (χ0v) is 10.3. The Balaban J connectivity index is 2.64. The van der Waals surface area contributed by atoms with Crippen LogP contribution in [0.3, 0.4) is 0 Å². The molecule has 5 nitrogen and oxygen atoms in total. The Morgan fingerprint density at radius 1 is 1.39 bits per heavy atom. The second kappa shape index (κ2) is 5.53. The number of halogens is 3. The molecule has 0 radical (unpaired) electrons. The monoisotopic (exact) mass is 283 g/mol. The van der Waals surface area contributed by atoms with Gasteiger partial charge >= 0.3 is 6.18 Å². The average Bonchev–Trinajstić information content (AvgIpc) is 2.28. The molecule has 1 heterocycles. The van der Waals surface area contributed by atoms with Crippen molar-refractivity contribution in [3.05, 3.63) is 23.9 Å². The maximum Gasteiger partial charge on any atom is 0.416 e. The zero-order chi connectivity index (χ0) is 13.8. The van der Waals surface area contributed by atoms with Crippen molar-refractivity contribution < 1.29 is 21.6 Å². The Kier molecular flexibility index (Phi) is 4.52. The van der Waals surface area contributed by atoms with Crippen LogP contribution in [0, 0.1) is 0 Å². The van der Waals surface area contributed by atoms with Crippen LogP contribution in [0.15, 0.2) is 18.3 Å². The maximum absolute atomic E-state index is 12.4. The van der Waals surface area contributed by atoms with Crippen LogP contribution in [0.2, 0.25) is 0 Å². The van der Waals surface area contributed by atoms with E-state index in [0.29, 0.717) is 0 Å². The highest BCUT2D eigenvalue weighted by molar-refractivity contribution is 7.89. The van der Waals surface area contributed by atoms with Gasteiger partial charge in [0.15, 0.2) is 0 Å². The first kappa shape index (κ1) is 14.7. The smallest absolute Gasteiger partial charge is 0.369 e. The van der Waals surface area contributed by atoms with Crippen LogP contribution in [0.1, 0.15) is 5.56 Å². The highest BCUT2D eigenvalue weighted by Gasteiger charge is 2.30. The molecule has 0 aliphatic rings. The summed E-state index contributed by atoms with van der Waals surface area (Å²) in [4.78, 5) is 3.67.